The van der Waals surface area contributed by atoms with Gasteiger partial charge in [-0.2, -0.15) is 0 Å². The second kappa shape index (κ2) is 7.29. The van der Waals surface area contributed by atoms with E-state index in [1.54, 1.807) is 36.5 Å². The second-order valence-corrected chi connectivity index (χ2v) is 6.12. The van der Waals surface area contributed by atoms with Crippen molar-refractivity contribution < 1.29 is 9.18 Å². The summed E-state index contributed by atoms with van der Waals surface area (Å²) >= 11 is 0. The smallest absolute Gasteiger partial charge is 0.230 e. The number of benzene rings is 2. The van der Waals surface area contributed by atoms with E-state index in [-0.39, 0.29) is 18.1 Å². The molecule has 27 heavy (non-hydrogen) atoms. The van der Waals surface area contributed by atoms with Gasteiger partial charge >= 0.3 is 0 Å². The summed E-state index contributed by atoms with van der Waals surface area (Å²) in [5, 5.41) is 6.77. The maximum absolute atomic E-state index is 13.7. The van der Waals surface area contributed by atoms with Gasteiger partial charge in [0.2, 0.25) is 5.91 Å². The SMILES string of the molecule is O=C(Cc1c[nH]c2ccccc12)Nc1ccc(Nc2ccccc2F)cn1. The maximum atomic E-state index is 13.7. The van der Waals surface area contributed by atoms with Crippen LogP contribution < -0.4 is 10.6 Å². The van der Waals surface area contributed by atoms with E-state index in [1.165, 1.54) is 6.07 Å². The first-order valence-corrected chi connectivity index (χ1v) is 8.51. The number of hydrogen-bond donors (Lipinski definition) is 3. The molecule has 3 N–H and O–H groups in total. The molecule has 0 saturated heterocycles. The number of fused-ring (bicyclic) bond motifs is 1. The third kappa shape index (κ3) is 3.79. The van der Waals surface area contributed by atoms with E-state index < -0.39 is 0 Å². The van der Waals surface area contributed by atoms with Gasteiger partial charge in [0, 0.05) is 17.1 Å². The quantitative estimate of drug-likeness (QED) is 0.486. The predicted molar refractivity (Wildman–Crippen MR) is 105 cm³/mol. The lowest BCUT2D eigenvalue weighted by molar-refractivity contribution is -0.115. The van der Waals surface area contributed by atoms with Crippen molar-refractivity contribution in [2.45, 2.75) is 6.42 Å². The monoisotopic (exact) mass is 360 g/mol. The number of aromatic amines is 1. The number of para-hydroxylation sites is 2. The van der Waals surface area contributed by atoms with E-state index in [0.29, 0.717) is 17.2 Å². The molecule has 0 radical (unpaired) electrons. The van der Waals surface area contributed by atoms with E-state index in [0.717, 1.165) is 16.5 Å². The Morgan fingerprint density at radius 2 is 1.85 bits per heavy atom. The first-order chi connectivity index (χ1) is 13.2. The average Bonchev–Trinajstić information content (AvgIpc) is 3.08. The zero-order valence-corrected chi connectivity index (χ0v) is 14.4. The van der Waals surface area contributed by atoms with E-state index in [9.17, 15) is 9.18 Å². The Kier molecular flexibility index (Phi) is 4.53. The largest absolute Gasteiger partial charge is 0.361 e. The maximum Gasteiger partial charge on any atom is 0.230 e. The molecule has 0 unspecified atom stereocenters. The first-order valence-electron chi connectivity index (χ1n) is 8.51. The molecule has 0 aliphatic heterocycles. The van der Waals surface area contributed by atoms with Crippen LogP contribution in [0.25, 0.3) is 10.9 Å². The number of pyridine rings is 1. The van der Waals surface area contributed by atoms with Crippen molar-refractivity contribution in [3.8, 4) is 0 Å². The number of halogens is 1. The number of anilines is 3. The lowest BCUT2D eigenvalue weighted by Gasteiger charge is -2.08. The standard InChI is InChI=1S/C21H17FN4O/c22-17-6-2-4-8-19(17)25-15-9-10-20(24-13-15)26-21(27)11-14-12-23-18-7-3-1-5-16(14)18/h1-10,12-13,23,25H,11H2,(H,24,26,27). The molecule has 2 heterocycles. The molecule has 5 nitrogen and oxygen atoms in total. The summed E-state index contributed by atoms with van der Waals surface area (Å²) in [6.07, 6.45) is 3.65. The van der Waals surface area contributed by atoms with Gasteiger partial charge in [0.15, 0.2) is 0 Å². The summed E-state index contributed by atoms with van der Waals surface area (Å²) in [5.41, 5.74) is 2.94. The van der Waals surface area contributed by atoms with Crippen LogP contribution in [0.2, 0.25) is 0 Å². The Balaban J connectivity index is 1.41. The predicted octanol–water partition coefficient (Wildman–Crippen LogP) is 4.63. The Morgan fingerprint density at radius 1 is 1.04 bits per heavy atom. The third-order valence-corrected chi connectivity index (χ3v) is 4.21. The number of hydrogen-bond acceptors (Lipinski definition) is 3. The highest BCUT2D eigenvalue weighted by atomic mass is 19.1. The zero-order valence-electron chi connectivity index (χ0n) is 14.4. The Hall–Kier alpha value is -3.67. The minimum Gasteiger partial charge on any atom is -0.361 e. The molecule has 0 saturated carbocycles. The summed E-state index contributed by atoms with van der Waals surface area (Å²) < 4.78 is 13.7. The van der Waals surface area contributed by atoms with Crippen LogP contribution in [0.15, 0.2) is 73.1 Å². The van der Waals surface area contributed by atoms with E-state index in [2.05, 4.69) is 20.6 Å². The fourth-order valence-corrected chi connectivity index (χ4v) is 2.90. The molecular weight excluding hydrogens is 343 g/mol. The number of aromatic nitrogens is 2. The number of amides is 1. The molecule has 2 aromatic heterocycles. The van der Waals surface area contributed by atoms with Crippen molar-refractivity contribution in [1.82, 2.24) is 9.97 Å². The van der Waals surface area contributed by atoms with Crippen LogP contribution >= 0.6 is 0 Å². The van der Waals surface area contributed by atoms with Crippen molar-refractivity contribution >= 4 is 34.0 Å². The third-order valence-electron chi connectivity index (χ3n) is 4.21. The van der Waals surface area contributed by atoms with Crippen LogP contribution in [0.3, 0.4) is 0 Å². The highest BCUT2D eigenvalue weighted by Gasteiger charge is 2.09. The number of nitrogens with zero attached hydrogens (tertiary/aromatic N) is 1. The summed E-state index contributed by atoms with van der Waals surface area (Å²) in [4.78, 5) is 19.7. The average molecular weight is 360 g/mol. The number of carbonyl (C=O) groups is 1. The van der Waals surface area contributed by atoms with Crippen LogP contribution in [-0.2, 0) is 11.2 Å². The van der Waals surface area contributed by atoms with Gasteiger partial charge < -0.3 is 15.6 Å². The first kappa shape index (κ1) is 16.8. The molecule has 0 atom stereocenters. The highest BCUT2D eigenvalue weighted by Crippen LogP contribution is 2.21. The molecule has 0 bridgehead atoms. The highest BCUT2D eigenvalue weighted by molar-refractivity contribution is 5.95. The van der Waals surface area contributed by atoms with E-state index in [4.69, 9.17) is 0 Å². The van der Waals surface area contributed by atoms with E-state index >= 15 is 0 Å². The molecule has 0 spiro atoms. The Morgan fingerprint density at radius 3 is 2.67 bits per heavy atom. The summed E-state index contributed by atoms with van der Waals surface area (Å²) in [6, 6.07) is 17.7. The molecule has 2 aromatic carbocycles. The molecule has 0 fully saturated rings. The number of nitrogens with one attached hydrogen (secondary N) is 3. The molecule has 0 aliphatic carbocycles. The lowest BCUT2D eigenvalue weighted by Crippen LogP contribution is -2.15. The van der Waals surface area contributed by atoms with Crippen LogP contribution in [0.4, 0.5) is 21.6 Å². The second-order valence-electron chi connectivity index (χ2n) is 6.12. The van der Waals surface area contributed by atoms with Crippen molar-refractivity contribution in [2.75, 3.05) is 10.6 Å². The topological polar surface area (TPSA) is 69.8 Å². The van der Waals surface area contributed by atoms with Crippen LogP contribution in [0.5, 0.6) is 0 Å². The van der Waals surface area contributed by atoms with Crippen molar-refractivity contribution in [1.29, 1.82) is 0 Å². The normalized spacial score (nSPS) is 10.7. The van der Waals surface area contributed by atoms with Gasteiger partial charge in [-0.15, -0.1) is 0 Å². The fourth-order valence-electron chi connectivity index (χ4n) is 2.90. The van der Waals surface area contributed by atoms with Crippen molar-refractivity contribution in [3.05, 3.63) is 84.4 Å². The van der Waals surface area contributed by atoms with Gasteiger partial charge in [0.1, 0.15) is 11.6 Å². The zero-order chi connectivity index (χ0) is 18.6. The van der Waals surface area contributed by atoms with Crippen molar-refractivity contribution in [2.24, 2.45) is 0 Å². The van der Waals surface area contributed by atoms with Gasteiger partial charge in [0.05, 0.1) is 24.0 Å². The van der Waals surface area contributed by atoms with Gasteiger partial charge in [-0.3, -0.25) is 4.79 Å². The summed E-state index contributed by atoms with van der Waals surface area (Å²) in [6.45, 7) is 0. The van der Waals surface area contributed by atoms with Gasteiger partial charge in [-0.25, -0.2) is 9.37 Å². The number of H-pyrrole nitrogens is 1. The molecule has 4 aromatic rings. The minimum atomic E-state index is -0.339. The van der Waals surface area contributed by atoms with Gasteiger partial charge in [0.25, 0.3) is 0 Å². The van der Waals surface area contributed by atoms with Gasteiger partial charge in [-0.05, 0) is 35.9 Å². The minimum absolute atomic E-state index is 0.151. The molecular formula is C21H17FN4O. The van der Waals surface area contributed by atoms with Crippen molar-refractivity contribution in [3.63, 3.8) is 0 Å². The fraction of sp³-hybridized carbons (Fsp3) is 0.0476. The molecule has 1 amide bonds. The summed E-state index contributed by atoms with van der Waals surface area (Å²) in [5.74, 6) is -0.0467. The van der Waals surface area contributed by atoms with Crippen LogP contribution in [0.1, 0.15) is 5.56 Å². The Labute approximate surface area is 155 Å². The lowest BCUT2D eigenvalue weighted by atomic mass is 10.1. The van der Waals surface area contributed by atoms with Crippen LogP contribution in [-0.4, -0.2) is 15.9 Å². The number of carbonyl (C=O) groups excluding carboxylic acids is 1. The van der Waals surface area contributed by atoms with Crippen LogP contribution in [0, 0.1) is 5.82 Å². The molecule has 134 valence electrons. The number of rotatable bonds is 5. The molecule has 4 rings (SSSR count). The summed E-state index contributed by atoms with van der Waals surface area (Å²) in [7, 11) is 0. The Bertz CT molecular complexity index is 1090. The van der Waals surface area contributed by atoms with Gasteiger partial charge in [-0.1, -0.05) is 30.3 Å². The van der Waals surface area contributed by atoms with E-state index in [1.807, 2.05) is 30.5 Å². The molecule has 0 aliphatic rings. The molecule has 6 heteroatoms.